The summed E-state index contributed by atoms with van der Waals surface area (Å²) in [6, 6.07) is 14.7. The molecule has 0 spiro atoms. The molecule has 2 aromatic carbocycles. The zero-order valence-electron chi connectivity index (χ0n) is 14.5. The van der Waals surface area contributed by atoms with Crippen LogP contribution < -0.4 is 12.4 Å². The van der Waals surface area contributed by atoms with Gasteiger partial charge in [0.05, 0.1) is 19.8 Å². The summed E-state index contributed by atoms with van der Waals surface area (Å²) in [4.78, 5) is 0. The molecule has 0 saturated carbocycles. The molecule has 1 saturated heterocycles. The summed E-state index contributed by atoms with van der Waals surface area (Å²) >= 11 is 6.04. The van der Waals surface area contributed by atoms with Crippen LogP contribution in [0.4, 0.5) is 0 Å². The van der Waals surface area contributed by atoms with Gasteiger partial charge in [-0.15, -0.1) is 0 Å². The first-order valence-corrected chi connectivity index (χ1v) is 8.78. The molecule has 1 fully saturated rings. The fraction of sp³-hybridized carbons (Fsp3) is 0.333. The summed E-state index contributed by atoms with van der Waals surface area (Å²) in [6.45, 7) is 7.25. The minimum Gasteiger partial charge on any atom is -1.00 e. The average Bonchev–Trinajstić information content (AvgIpc) is 2.61. The molecule has 0 bridgehead atoms. The van der Waals surface area contributed by atoms with E-state index in [2.05, 4.69) is 60.4 Å². The van der Waals surface area contributed by atoms with E-state index in [1.807, 2.05) is 6.92 Å². The monoisotopic (exact) mass is 375 g/mol. The van der Waals surface area contributed by atoms with Crippen LogP contribution in [-0.4, -0.2) is 43.9 Å². The van der Waals surface area contributed by atoms with Crippen LogP contribution in [0, 0.1) is 11.8 Å². The Morgan fingerprint density at radius 2 is 1.88 bits per heavy atom. The molecule has 1 aliphatic heterocycles. The Balaban J connectivity index is 0.00000225. The summed E-state index contributed by atoms with van der Waals surface area (Å²) < 4.78 is 6.47. The number of benzene rings is 2. The van der Waals surface area contributed by atoms with Crippen molar-refractivity contribution in [2.24, 2.45) is 0 Å². The minimum atomic E-state index is 0. The number of halogens is 2. The smallest absolute Gasteiger partial charge is 0.141 e. The first kappa shape index (κ1) is 19.8. The summed E-state index contributed by atoms with van der Waals surface area (Å²) in [5.41, 5.74) is 1.10. The Morgan fingerprint density at radius 3 is 2.64 bits per heavy atom. The van der Waals surface area contributed by atoms with Crippen LogP contribution in [0.25, 0.3) is 10.8 Å². The van der Waals surface area contributed by atoms with Crippen molar-refractivity contribution < 1.29 is 21.6 Å². The molecule has 2 nitrogen and oxygen atoms in total. The number of hydrogen-bond donors (Lipinski definition) is 0. The third-order valence-electron chi connectivity index (χ3n) is 4.61. The fourth-order valence-electron chi connectivity index (χ4n) is 3.09. The number of hydrogen-bond acceptors (Lipinski definition) is 1. The molecule has 2 aromatic rings. The van der Waals surface area contributed by atoms with Crippen molar-refractivity contribution in [3.05, 3.63) is 59.1 Å². The lowest BCUT2D eigenvalue weighted by Gasteiger charge is -2.39. The maximum absolute atomic E-state index is 6.04. The SMILES string of the molecule is CC(Cl)=CC[N+]1(CC#Cc2cccc3ccccc23)CCOCC1.[Cl-]. The molecule has 4 heteroatoms. The van der Waals surface area contributed by atoms with Gasteiger partial charge >= 0.3 is 0 Å². The van der Waals surface area contributed by atoms with Crippen molar-refractivity contribution >= 4 is 22.4 Å². The average molecular weight is 376 g/mol. The third kappa shape index (κ3) is 5.23. The summed E-state index contributed by atoms with van der Waals surface area (Å²) in [7, 11) is 0. The molecule has 0 N–H and O–H groups in total. The predicted octanol–water partition coefficient (Wildman–Crippen LogP) is 1.18. The van der Waals surface area contributed by atoms with Crippen molar-refractivity contribution in [2.75, 3.05) is 39.4 Å². The molecule has 3 rings (SSSR count). The van der Waals surface area contributed by atoms with Gasteiger partial charge in [-0.1, -0.05) is 53.9 Å². The largest absolute Gasteiger partial charge is 1.00 e. The van der Waals surface area contributed by atoms with Gasteiger partial charge < -0.3 is 21.6 Å². The van der Waals surface area contributed by atoms with E-state index in [9.17, 15) is 0 Å². The van der Waals surface area contributed by atoms with Gasteiger partial charge in [-0.05, 0) is 35.8 Å². The van der Waals surface area contributed by atoms with E-state index in [4.69, 9.17) is 16.3 Å². The van der Waals surface area contributed by atoms with Gasteiger partial charge in [-0.3, -0.25) is 0 Å². The molecule has 0 atom stereocenters. The number of fused-ring (bicyclic) bond motifs is 1. The maximum atomic E-state index is 6.04. The number of rotatable bonds is 3. The second kappa shape index (κ2) is 9.27. The second-order valence-electron chi connectivity index (χ2n) is 6.36. The highest BCUT2D eigenvalue weighted by atomic mass is 35.5. The van der Waals surface area contributed by atoms with E-state index in [0.717, 1.165) is 54.5 Å². The molecule has 0 amide bonds. The Labute approximate surface area is 161 Å². The molecule has 132 valence electrons. The van der Waals surface area contributed by atoms with Crippen LogP contribution in [0.15, 0.2) is 53.6 Å². The highest BCUT2D eigenvalue weighted by Crippen LogP contribution is 2.18. The van der Waals surface area contributed by atoms with Gasteiger partial charge in [0.1, 0.15) is 19.6 Å². The van der Waals surface area contributed by atoms with E-state index in [1.165, 1.54) is 10.8 Å². The lowest BCUT2D eigenvalue weighted by Crippen LogP contribution is -3.00. The quantitative estimate of drug-likeness (QED) is 0.578. The second-order valence-corrected chi connectivity index (χ2v) is 6.96. The van der Waals surface area contributed by atoms with Crippen LogP contribution in [0.3, 0.4) is 0 Å². The number of nitrogens with zero attached hydrogens (tertiary/aromatic N) is 1. The highest BCUT2D eigenvalue weighted by molar-refractivity contribution is 6.29. The standard InChI is InChI=1S/C21H23ClNO.ClH/c1-18(22)11-13-23(14-16-24-17-15-23)12-5-9-20-8-4-7-19-6-2-3-10-21(19)20;/h2-4,6-8,10-11H,12-17H2,1H3;1H/q+1;/p-1. The minimum absolute atomic E-state index is 0. The van der Waals surface area contributed by atoms with E-state index < -0.39 is 0 Å². The van der Waals surface area contributed by atoms with Crippen LogP contribution in [0.5, 0.6) is 0 Å². The van der Waals surface area contributed by atoms with E-state index in [1.54, 1.807) is 0 Å². The van der Waals surface area contributed by atoms with Gasteiger partial charge in [0, 0.05) is 10.6 Å². The summed E-state index contributed by atoms with van der Waals surface area (Å²) in [5.74, 6) is 6.81. The zero-order valence-corrected chi connectivity index (χ0v) is 16.0. The maximum Gasteiger partial charge on any atom is 0.141 e. The zero-order chi connectivity index (χ0) is 16.8. The van der Waals surface area contributed by atoms with Crippen molar-refractivity contribution in [3.63, 3.8) is 0 Å². The van der Waals surface area contributed by atoms with Gasteiger partial charge in [0.15, 0.2) is 0 Å². The van der Waals surface area contributed by atoms with Gasteiger partial charge in [-0.25, -0.2) is 0 Å². The summed E-state index contributed by atoms with van der Waals surface area (Å²) in [5, 5.41) is 3.30. The lowest BCUT2D eigenvalue weighted by atomic mass is 10.1. The Kier molecular flexibility index (Phi) is 7.35. The Bertz CT molecular complexity index is 789. The van der Waals surface area contributed by atoms with E-state index in [0.29, 0.717) is 0 Å². The molecule has 1 aliphatic rings. The predicted molar refractivity (Wildman–Crippen MR) is 101 cm³/mol. The van der Waals surface area contributed by atoms with Crippen LogP contribution in [0.1, 0.15) is 12.5 Å². The van der Waals surface area contributed by atoms with Crippen LogP contribution in [-0.2, 0) is 4.74 Å². The molecule has 0 radical (unpaired) electrons. The topological polar surface area (TPSA) is 9.23 Å². The molecule has 25 heavy (non-hydrogen) atoms. The molecular formula is C21H23Cl2NO. The van der Waals surface area contributed by atoms with Gasteiger partial charge in [0.25, 0.3) is 0 Å². The number of ether oxygens (including phenoxy) is 1. The molecule has 1 heterocycles. The Hall–Kier alpha value is -1.50. The van der Waals surface area contributed by atoms with Crippen molar-refractivity contribution in [1.82, 2.24) is 0 Å². The third-order valence-corrected chi connectivity index (χ3v) is 4.76. The van der Waals surface area contributed by atoms with Crippen molar-refractivity contribution in [2.45, 2.75) is 6.92 Å². The Morgan fingerprint density at radius 1 is 1.16 bits per heavy atom. The first-order chi connectivity index (χ1) is 11.7. The summed E-state index contributed by atoms with van der Waals surface area (Å²) in [6.07, 6.45) is 2.10. The molecule has 0 aromatic heterocycles. The normalized spacial score (nSPS) is 16.6. The molecule has 0 unspecified atom stereocenters. The number of morpholine rings is 1. The van der Waals surface area contributed by atoms with Crippen LogP contribution >= 0.6 is 11.6 Å². The molecular weight excluding hydrogens is 353 g/mol. The highest BCUT2D eigenvalue weighted by Gasteiger charge is 2.28. The molecule has 0 aliphatic carbocycles. The van der Waals surface area contributed by atoms with Gasteiger partial charge in [-0.2, -0.15) is 0 Å². The first-order valence-electron chi connectivity index (χ1n) is 8.40. The fourth-order valence-corrected chi connectivity index (χ4v) is 3.16. The lowest BCUT2D eigenvalue weighted by molar-refractivity contribution is -0.923. The van der Waals surface area contributed by atoms with Crippen molar-refractivity contribution in [3.8, 4) is 11.8 Å². The van der Waals surface area contributed by atoms with E-state index in [-0.39, 0.29) is 12.4 Å². The number of allylic oxidation sites excluding steroid dienone is 1. The van der Waals surface area contributed by atoms with E-state index >= 15 is 0 Å². The van der Waals surface area contributed by atoms with Crippen LogP contribution in [0.2, 0.25) is 0 Å². The number of quaternary nitrogens is 1. The van der Waals surface area contributed by atoms with Gasteiger partial charge in [0.2, 0.25) is 0 Å². The van der Waals surface area contributed by atoms with Crippen molar-refractivity contribution in [1.29, 1.82) is 0 Å².